The van der Waals surface area contributed by atoms with Crippen LogP contribution < -0.4 is 5.32 Å². The van der Waals surface area contributed by atoms with Gasteiger partial charge in [-0.2, -0.15) is 0 Å². The molecule has 1 rings (SSSR count). The Labute approximate surface area is 131 Å². The number of hydrogen-bond acceptors (Lipinski definition) is 4. The third kappa shape index (κ3) is 6.68. The minimum Gasteiger partial charge on any atom is -0.481 e. The fourth-order valence-electron chi connectivity index (χ4n) is 1.94. The van der Waals surface area contributed by atoms with Crippen molar-refractivity contribution in [1.29, 1.82) is 0 Å². The van der Waals surface area contributed by atoms with Crippen molar-refractivity contribution in [3.63, 3.8) is 0 Å². The molecule has 0 aliphatic carbocycles. The number of halogens is 1. The second-order valence-electron chi connectivity index (χ2n) is 5.03. The van der Waals surface area contributed by atoms with Gasteiger partial charge in [-0.1, -0.05) is 22.9 Å². The van der Waals surface area contributed by atoms with E-state index in [9.17, 15) is 14.9 Å². The first kappa shape index (κ1) is 17.6. The minimum absolute atomic E-state index is 0.0933. The molecule has 1 aromatic rings. The van der Waals surface area contributed by atoms with Gasteiger partial charge in [0.25, 0.3) is 5.69 Å². The van der Waals surface area contributed by atoms with Crippen LogP contribution in [0.15, 0.2) is 22.7 Å². The molecule has 6 nitrogen and oxygen atoms in total. The van der Waals surface area contributed by atoms with E-state index in [1.807, 2.05) is 6.92 Å². The van der Waals surface area contributed by atoms with Gasteiger partial charge in [0.15, 0.2) is 0 Å². The molecule has 0 aliphatic heterocycles. The van der Waals surface area contributed by atoms with Gasteiger partial charge in [0, 0.05) is 29.1 Å². The van der Waals surface area contributed by atoms with Crippen molar-refractivity contribution in [3.05, 3.63) is 38.3 Å². The molecule has 7 heteroatoms. The Morgan fingerprint density at radius 3 is 2.81 bits per heavy atom. The van der Waals surface area contributed by atoms with Gasteiger partial charge in [-0.15, -0.1) is 0 Å². The standard InChI is InChI=1S/C14H19BrN2O4/c1-10(2-5-14(18)19)6-7-16-9-11-3-4-12(15)8-13(11)17(20)21/h3-4,8,10,16H,2,5-7,9H2,1H3,(H,18,19). The number of nitrogens with zero attached hydrogens (tertiary/aromatic N) is 1. The lowest BCUT2D eigenvalue weighted by atomic mass is 10.0. The van der Waals surface area contributed by atoms with E-state index in [0.717, 1.165) is 6.42 Å². The molecule has 1 atom stereocenters. The van der Waals surface area contributed by atoms with Crippen LogP contribution in [0.5, 0.6) is 0 Å². The van der Waals surface area contributed by atoms with Gasteiger partial charge in [-0.3, -0.25) is 14.9 Å². The predicted molar refractivity (Wildman–Crippen MR) is 83.2 cm³/mol. The molecule has 1 aromatic carbocycles. The summed E-state index contributed by atoms with van der Waals surface area (Å²) in [6.45, 7) is 3.13. The Morgan fingerprint density at radius 1 is 1.48 bits per heavy atom. The van der Waals surface area contributed by atoms with Crippen LogP contribution in [0.4, 0.5) is 5.69 Å². The van der Waals surface area contributed by atoms with Crippen molar-refractivity contribution < 1.29 is 14.8 Å². The molecule has 0 saturated carbocycles. The lowest BCUT2D eigenvalue weighted by Crippen LogP contribution is -2.18. The first-order chi connectivity index (χ1) is 9.90. The highest BCUT2D eigenvalue weighted by molar-refractivity contribution is 9.10. The summed E-state index contributed by atoms with van der Waals surface area (Å²) in [5.41, 5.74) is 0.734. The third-order valence-electron chi connectivity index (χ3n) is 3.22. The molecule has 0 radical (unpaired) electrons. The van der Waals surface area contributed by atoms with Crippen molar-refractivity contribution in [3.8, 4) is 0 Å². The zero-order valence-corrected chi connectivity index (χ0v) is 13.4. The van der Waals surface area contributed by atoms with Gasteiger partial charge in [0.2, 0.25) is 0 Å². The molecule has 0 heterocycles. The van der Waals surface area contributed by atoms with E-state index < -0.39 is 10.9 Å². The molecule has 0 spiro atoms. The Hall–Kier alpha value is -1.47. The van der Waals surface area contributed by atoms with Crippen LogP contribution in [-0.2, 0) is 11.3 Å². The summed E-state index contributed by atoms with van der Waals surface area (Å²) in [5.74, 6) is -0.464. The number of nitro groups is 1. The van der Waals surface area contributed by atoms with Gasteiger partial charge < -0.3 is 10.4 Å². The van der Waals surface area contributed by atoms with Gasteiger partial charge >= 0.3 is 5.97 Å². The van der Waals surface area contributed by atoms with E-state index in [1.165, 1.54) is 6.07 Å². The van der Waals surface area contributed by atoms with Crippen LogP contribution >= 0.6 is 15.9 Å². The van der Waals surface area contributed by atoms with Crippen LogP contribution in [0, 0.1) is 16.0 Å². The SMILES string of the molecule is CC(CCNCc1ccc(Br)cc1[N+](=O)[O-])CCC(=O)O. The van der Waals surface area contributed by atoms with Crippen LogP contribution in [0.2, 0.25) is 0 Å². The molecule has 0 aliphatic rings. The highest BCUT2D eigenvalue weighted by atomic mass is 79.9. The van der Waals surface area contributed by atoms with Crippen molar-refractivity contribution in [2.75, 3.05) is 6.54 Å². The monoisotopic (exact) mass is 358 g/mol. The van der Waals surface area contributed by atoms with Gasteiger partial charge in [-0.05, 0) is 37.4 Å². The number of benzene rings is 1. The smallest absolute Gasteiger partial charge is 0.303 e. The summed E-state index contributed by atoms with van der Waals surface area (Å²) >= 11 is 3.22. The normalized spacial score (nSPS) is 12.1. The number of nitro benzene ring substituents is 1. The summed E-state index contributed by atoms with van der Waals surface area (Å²) in [7, 11) is 0. The average molecular weight is 359 g/mol. The lowest BCUT2D eigenvalue weighted by molar-refractivity contribution is -0.385. The number of hydrogen-bond donors (Lipinski definition) is 2. The Morgan fingerprint density at radius 2 is 2.19 bits per heavy atom. The van der Waals surface area contributed by atoms with Crippen LogP contribution in [0.25, 0.3) is 0 Å². The number of nitrogens with one attached hydrogen (secondary N) is 1. The second-order valence-corrected chi connectivity index (χ2v) is 5.95. The number of carbonyl (C=O) groups is 1. The van der Waals surface area contributed by atoms with Crippen molar-refractivity contribution in [2.24, 2.45) is 5.92 Å². The maximum absolute atomic E-state index is 11.0. The van der Waals surface area contributed by atoms with Crippen molar-refractivity contribution in [1.82, 2.24) is 5.32 Å². The summed E-state index contributed by atoms with van der Waals surface area (Å²) in [4.78, 5) is 21.0. The first-order valence-electron chi connectivity index (χ1n) is 6.75. The fraction of sp³-hybridized carbons (Fsp3) is 0.500. The number of rotatable bonds is 9. The molecule has 0 fully saturated rings. The highest BCUT2D eigenvalue weighted by Gasteiger charge is 2.13. The van der Waals surface area contributed by atoms with E-state index in [4.69, 9.17) is 5.11 Å². The van der Waals surface area contributed by atoms with Gasteiger partial charge in [0.1, 0.15) is 0 Å². The molecule has 0 amide bonds. The van der Waals surface area contributed by atoms with Crippen molar-refractivity contribution >= 4 is 27.6 Å². The highest BCUT2D eigenvalue weighted by Crippen LogP contribution is 2.23. The number of carboxylic acids is 1. The molecule has 0 bridgehead atoms. The van der Waals surface area contributed by atoms with Crippen LogP contribution in [0.3, 0.4) is 0 Å². The maximum atomic E-state index is 11.0. The molecular formula is C14H19BrN2O4. The zero-order valence-electron chi connectivity index (χ0n) is 11.8. The number of aliphatic carboxylic acids is 1. The molecule has 0 aromatic heterocycles. The summed E-state index contributed by atoms with van der Waals surface area (Å²) in [6.07, 6.45) is 1.67. The molecule has 2 N–H and O–H groups in total. The van der Waals surface area contributed by atoms with Crippen molar-refractivity contribution in [2.45, 2.75) is 32.7 Å². The number of carboxylic acid groups (broad SMARTS) is 1. The van der Waals surface area contributed by atoms with Crippen LogP contribution in [-0.4, -0.2) is 22.5 Å². The maximum Gasteiger partial charge on any atom is 0.303 e. The second kappa shape index (κ2) is 8.74. The third-order valence-corrected chi connectivity index (χ3v) is 3.72. The lowest BCUT2D eigenvalue weighted by Gasteiger charge is -2.11. The molecule has 21 heavy (non-hydrogen) atoms. The molecular weight excluding hydrogens is 340 g/mol. The van der Waals surface area contributed by atoms with Gasteiger partial charge in [-0.25, -0.2) is 0 Å². The van der Waals surface area contributed by atoms with E-state index in [1.54, 1.807) is 12.1 Å². The summed E-state index contributed by atoms with van der Waals surface area (Å²) in [5, 5.41) is 22.7. The Bertz CT molecular complexity index is 508. The topological polar surface area (TPSA) is 92.5 Å². The largest absolute Gasteiger partial charge is 0.481 e. The average Bonchev–Trinajstić information content (AvgIpc) is 2.42. The molecule has 1 unspecified atom stereocenters. The quantitative estimate of drug-likeness (QED) is 0.401. The minimum atomic E-state index is -0.778. The van der Waals surface area contributed by atoms with Gasteiger partial charge in [0.05, 0.1) is 4.92 Å². The Kier molecular flexibility index (Phi) is 7.31. The molecule has 116 valence electrons. The molecule has 0 saturated heterocycles. The zero-order chi connectivity index (χ0) is 15.8. The van der Waals surface area contributed by atoms with Crippen LogP contribution in [0.1, 0.15) is 31.7 Å². The fourth-order valence-corrected chi connectivity index (χ4v) is 2.29. The van der Waals surface area contributed by atoms with E-state index in [-0.39, 0.29) is 12.1 Å². The van der Waals surface area contributed by atoms with E-state index in [2.05, 4.69) is 21.2 Å². The summed E-state index contributed by atoms with van der Waals surface area (Å²) < 4.78 is 0.681. The summed E-state index contributed by atoms with van der Waals surface area (Å²) in [6, 6.07) is 5.00. The van der Waals surface area contributed by atoms with E-state index in [0.29, 0.717) is 35.5 Å². The Balaban J connectivity index is 2.39. The predicted octanol–water partition coefficient (Wildman–Crippen LogP) is 3.34. The van der Waals surface area contributed by atoms with E-state index >= 15 is 0 Å². The first-order valence-corrected chi connectivity index (χ1v) is 7.54.